The van der Waals surface area contributed by atoms with Gasteiger partial charge in [0.1, 0.15) is 5.25 Å². The lowest BCUT2D eigenvalue weighted by Gasteiger charge is -2.18. The molecule has 1 heterocycles. The molecule has 8 nitrogen and oxygen atoms in total. The van der Waals surface area contributed by atoms with Crippen molar-refractivity contribution < 1.29 is 24.4 Å². The number of hydrogen-bond acceptors (Lipinski definition) is 6. The van der Waals surface area contributed by atoms with Gasteiger partial charge in [0.2, 0.25) is 0 Å². The zero-order valence-corrected chi connectivity index (χ0v) is 11.1. The van der Waals surface area contributed by atoms with Crippen molar-refractivity contribution in [2.45, 2.75) is 17.1 Å². The minimum atomic E-state index is -1.08. The van der Waals surface area contributed by atoms with Crippen LogP contribution < -0.4 is 10.1 Å². The molecule has 2 N–H and O–H groups in total. The molecule has 1 aliphatic rings. The second kappa shape index (κ2) is 5.37. The van der Waals surface area contributed by atoms with Crippen LogP contribution >= 0.6 is 11.8 Å². The van der Waals surface area contributed by atoms with E-state index in [1.165, 1.54) is 19.1 Å². The van der Waals surface area contributed by atoms with Crippen molar-refractivity contribution in [3.8, 4) is 5.75 Å². The molecule has 1 aromatic carbocycles. The van der Waals surface area contributed by atoms with Gasteiger partial charge in [-0.05, 0) is 13.0 Å². The van der Waals surface area contributed by atoms with Gasteiger partial charge >= 0.3 is 5.97 Å². The number of rotatable bonds is 4. The van der Waals surface area contributed by atoms with Crippen LogP contribution in [0.4, 0.5) is 11.4 Å². The van der Waals surface area contributed by atoms with Crippen LogP contribution in [0.2, 0.25) is 0 Å². The van der Waals surface area contributed by atoms with Crippen LogP contribution in [0.1, 0.15) is 6.92 Å². The first-order valence-electron chi connectivity index (χ1n) is 5.53. The first kappa shape index (κ1) is 14.1. The number of nitro benzene ring substituents is 1. The molecule has 0 bridgehead atoms. The van der Waals surface area contributed by atoms with Crippen LogP contribution in [0.25, 0.3) is 0 Å². The highest BCUT2D eigenvalue weighted by atomic mass is 32.2. The molecule has 1 aliphatic heterocycles. The van der Waals surface area contributed by atoms with Crippen molar-refractivity contribution >= 4 is 35.0 Å². The summed E-state index contributed by atoms with van der Waals surface area (Å²) in [5.74, 6) is -1.25. The highest BCUT2D eigenvalue weighted by molar-refractivity contribution is 8.00. The number of thioether (sulfide) groups is 1. The molecule has 1 unspecified atom stereocenters. The number of amides is 1. The number of nitrogens with one attached hydrogen (secondary N) is 1. The Hall–Kier alpha value is -2.29. The fourth-order valence-electron chi connectivity index (χ4n) is 1.57. The van der Waals surface area contributed by atoms with E-state index in [1.54, 1.807) is 0 Å². The summed E-state index contributed by atoms with van der Waals surface area (Å²) in [5.41, 5.74) is 0.0462. The second-order valence-electron chi connectivity index (χ2n) is 4.01. The zero-order valence-electron chi connectivity index (χ0n) is 10.3. The number of nitrogens with zero attached hydrogens (tertiary/aromatic N) is 1. The molecule has 1 atom stereocenters. The van der Waals surface area contributed by atoms with Crippen molar-refractivity contribution in [1.82, 2.24) is 0 Å². The van der Waals surface area contributed by atoms with Crippen LogP contribution in [0.15, 0.2) is 17.0 Å². The van der Waals surface area contributed by atoms with Crippen molar-refractivity contribution in [3.05, 3.63) is 22.2 Å². The van der Waals surface area contributed by atoms with E-state index in [4.69, 9.17) is 9.84 Å². The van der Waals surface area contributed by atoms with Gasteiger partial charge in [-0.25, -0.2) is 0 Å². The fourth-order valence-corrected chi connectivity index (χ4v) is 2.50. The summed E-state index contributed by atoms with van der Waals surface area (Å²) >= 11 is 0.833. The number of carbonyl (C=O) groups excluding carboxylic acids is 1. The van der Waals surface area contributed by atoms with Gasteiger partial charge < -0.3 is 15.2 Å². The third-order valence-corrected chi connectivity index (χ3v) is 3.68. The summed E-state index contributed by atoms with van der Waals surface area (Å²) in [5, 5.41) is 21.6. The molecule has 20 heavy (non-hydrogen) atoms. The second-order valence-corrected chi connectivity index (χ2v) is 5.39. The minimum Gasteiger partial charge on any atom is -0.481 e. The quantitative estimate of drug-likeness (QED) is 0.491. The standard InChI is InChI=1S/C11H10N2O6S/c1-5(11(15)16)20-9-2-6-8(3-7(9)13(17)18)19-4-10(14)12-6/h2-3,5H,4H2,1H3,(H,12,14)(H,15,16). The van der Waals surface area contributed by atoms with Crippen LogP contribution in [0.5, 0.6) is 5.75 Å². The number of carboxylic acid groups (broad SMARTS) is 1. The Morgan fingerprint density at radius 2 is 2.30 bits per heavy atom. The SMILES string of the molecule is CC(Sc1cc2c(cc1[N+](=O)[O-])OCC(=O)N2)C(=O)O. The molecule has 0 radical (unpaired) electrons. The van der Waals surface area contributed by atoms with E-state index in [1.807, 2.05) is 0 Å². The summed E-state index contributed by atoms with van der Waals surface area (Å²) in [6.07, 6.45) is 0. The van der Waals surface area contributed by atoms with Gasteiger partial charge in [0.15, 0.2) is 12.4 Å². The number of fused-ring (bicyclic) bond motifs is 1. The lowest BCUT2D eigenvalue weighted by Crippen LogP contribution is -2.25. The number of benzene rings is 1. The first-order chi connectivity index (χ1) is 9.38. The Labute approximate surface area is 117 Å². The molecule has 0 saturated carbocycles. The van der Waals surface area contributed by atoms with Crippen LogP contribution in [-0.4, -0.2) is 33.8 Å². The van der Waals surface area contributed by atoms with Gasteiger partial charge in [0.05, 0.1) is 21.6 Å². The van der Waals surface area contributed by atoms with E-state index in [-0.39, 0.29) is 28.8 Å². The van der Waals surface area contributed by atoms with Crippen molar-refractivity contribution in [2.24, 2.45) is 0 Å². The van der Waals surface area contributed by atoms with Crippen LogP contribution in [0, 0.1) is 10.1 Å². The van der Waals surface area contributed by atoms with Crippen molar-refractivity contribution in [2.75, 3.05) is 11.9 Å². The number of anilines is 1. The van der Waals surface area contributed by atoms with E-state index < -0.39 is 16.1 Å². The van der Waals surface area contributed by atoms with Gasteiger partial charge in [-0.2, -0.15) is 0 Å². The average Bonchev–Trinajstić information content (AvgIpc) is 2.37. The number of nitro groups is 1. The predicted octanol–water partition coefficient (Wildman–Crippen LogP) is 1.49. The molecular weight excluding hydrogens is 288 g/mol. The zero-order chi connectivity index (χ0) is 14.9. The number of aliphatic carboxylic acids is 1. The molecule has 0 aromatic heterocycles. The summed E-state index contributed by atoms with van der Waals surface area (Å²) in [6, 6.07) is 2.54. The van der Waals surface area contributed by atoms with E-state index in [0.717, 1.165) is 11.8 Å². The number of carboxylic acids is 1. The number of ether oxygens (including phenoxy) is 1. The van der Waals surface area contributed by atoms with E-state index in [2.05, 4.69) is 5.32 Å². The average molecular weight is 298 g/mol. The monoisotopic (exact) mass is 298 g/mol. The maximum Gasteiger partial charge on any atom is 0.316 e. The molecule has 106 valence electrons. The normalized spacial score (nSPS) is 14.8. The maximum absolute atomic E-state index is 11.2. The molecule has 1 amide bonds. The predicted molar refractivity (Wildman–Crippen MR) is 70.2 cm³/mol. The van der Waals surface area contributed by atoms with Crippen molar-refractivity contribution in [1.29, 1.82) is 0 Å². The van der Waals surface area contributed by atoms with Crippen molar-refractivity contribution in [3.63, 3.8) is 0 Å². The molecule has 9 heteroatoms. The number of hydrogen-bond donors (Lipinski definition) is 2. The molecule has 2 rings (SSSR count). The molecule has 0 fully saturated rings. The van der Waals surface area contributed by atoms with E-state index in [0.29, 0.717) is 5.69 Å². The lowest BCUT2D eigenvalue weighted by molar-refractivity contribution is -0.387. The Morgan fingerprint density at radius 3 is 2.90 bits per heavy atom. The van der Waals surface area contributed by atoms with Crippen LogP contribution in [0.3, 0.4) is 0 Å². The highest BCUT2D eigenvalue weighted by Gasteiger charge is 2.26. The van der Waals surface area contributed by atoms with Gasteiger partial charge in [0.25, 0.3) is 11.6 Å². The summed E-state index contributed by atoms with van der Waals surface area (Å²) in [7, 11) is 0. The topological polar surface area (TPSA) is 119 Å². The smallest absolute Gasteiger partial charge is 0.316 e. The first-order valence-corrected chi connectivity index (χ1v) is 6.41. The third kappa shape index (κ3) is 2.82. The third-order valence-electron chi connectivity index (χ3n) is 2.54. The molecule has 0 aliphatic carbocycles. The van der Waals surface area contributed by atoms with Gasteiger partial charge in [-0.3, -0.25) is 19.7 Å². The summed E-state index contributed by atoms with van der Waals surface area (Å²) in [4.78, 5) is 32.6. The van der Waals surface area contributed by atoms with E-state index in [9.17, 15) is 19.7 Å². The molecule has 1 aromatic rings. The largest absolute Gasteiger partial charge is 0.481 e. The highest BCUT2D eigenvalue weighted by Crippen LogP contribution is 2.40. The van der Waals surface area contributed by atoms with Gasteiger partial charge in [0, 0.05) is 0 Å². The van der Waals surface area contributed by atoms with Crippen LogP contribution in [-0.2, 0) is 9.59 Å². The van der Waals surface area contributed by atoms with E-state index >= 15 is 0 Å². The fraction of sp³-hybridized carbons (Fsp3) is 0.273. The Balaban J connectivity index is 2.43. The lowest BCUT2D eigenvalue weighted by atomic mass is 10.2. The number of carbonyl (C=O) groups is 2. The Kier molecular flexibility index (Phi) is 3.79. The molecular formula is C11H10N2O6S. The summed E-state index contributed by atoms with van der Waals surface area (Å²) in [6.45, 7) is 1.22. The van der Waals surface area contributed by atoms with Gasteiger partial charge in [-0.1, -0.05) is 0 Å². The maximum atomic E-state index is 11.2. The Bertz CT molecular complexity index is 603. The molecule has 0 spiro atoms. The minimum absolute atomic E-state index is 0.162. The Morgan fingerprint density at radius 1 is 1.60 bits per heavy atom. The van der Waals surface area contributed by atoms with Gasteiger partial charge in [-0.15, -0.1) is 11.8 Å². The summed E-state index contributed by atoms with van der Waals surface area (Å²) < 4.78 is 5.09. The molecule has 0 saturated heterocycles.